The van der Waals surface area contributed by atoms with E-state index in [9.17, 15) is 27.9 Å². The van der Waals surface area contributed by atoms with Gasteiger partial charge < -0.3 is 14.9 Å². The smallest absolute Gasteiger partial charge is 0.391 e. The summed E-state index contributed by atoms with van der Waals surface area (Å²) in [6, 6.07) is 3.54. The maximum atomic E-state index is 13.1. The molecule has 1 N–H and O–H groups in total. The first-order chi connectivity index (χ1) is 15.9. The van der Waals surface area contributed by atoms with Crippen molar-refractivity contribution in [3.63, 3.8) is 0 Å². The first kappa shape index (κ1) is 25.0. The summed E-state index contributed by atoms with van der Waals surface area (Å²) in [5.74, 6) is -0.188. The number of aliphatic hydroxyl groups is 1. The molecule has 0 aromatic heterocycles. The second-order valence-electron chi connectivity index (χ2n) is 9.87. The number of carbonyl (C=O) groups is 2. The van der Waals surface area contributed by atoms with Crippen molar-refractivity contribution in [1.29, 1.82) is 0 Å². The van der Waals surface area contributed by atoms with Crippen molar-refractivity contribution in [2.75, 3.05) is 26.2 Å². The van der Waals surface area contributed by atoms with Crippen LogP contribution in [-0.2, 0) is 21.3 Å². The third-order valence-electron chi connectivity index (χ3n) is 7.43. The lowest BCUT2D eigenvalue weighted by molar-refractivity contribution is -0.138. The van der Waals surface area contributed by atoms with Gasteiger partial charge in [0.05, 0.1) is 28.6 Å². The van der Waals surface area contributed by atoms with Crippen LogP contribution in [0.1, 0.15) is 56.6 Å². The lowest BCUT2D eigenvalue weighted by Gasteiger charge is -2.36. The van der Waals surface area contributed by atoms with Gasteiger partial charge in [-0.2, -0.15) is 13.2 Å². The molecule has 2 unspecified atom stereocenters. The van der Waals surface area contributed by atoms with Gasteiger partial charge in [0, 0.05) is 38.8 Å². The topological polar surface area (TPSA) is 73.2 Å². The predicted octanol–water partition coefficient (Wildman–Crippen LogP) is 4.03. The summed E-state index contributed by atoms with van der Waals surface area (Å²) in [4.78, 5) is 33.0. The van der Waals surface area contributed by atoms with Crippen LogP contribution >= 0.6 is 11.6 Å². The highest BCUT2D eigenvalue weighted by molar-refractivity contribution is 6.31. The van der Waals surface area contributed by atoms with Crippen LogP contribution in [0.3, 0.4) is 0 Å². The standard InChI is InChI=1S/C24H29ClF3N3O3/c1-22(16-4-5-17(18(25)13-16)24(26,27)28)15-31(21(34)6-10-29-22)11-2-3-20(33)30-12-9-23(7-8-23)19(32)14-30/h4-5,10,13,19,32H,2-3,6-9,11-12,14-15H2,1H3. The fourth-order valence-electron chi connectivity index (χ4n) is 4.97. The molecule has 0 bridgehead atoms. The second kappa shape index (κ2) is 9.15. The molecule has 6 nitrogen and oxygen atoms in total. The Balaban J connectivity index is 1.37. The summed E-state index contributed by atoms with van der Waals surface area (Å²) in [5, 5.41) is 9.92. The second-order valence-corrected chi connectivity index (χ2v) is 10.3. The van der Waals surface area contributed by atoms with E-state index in [0.717, 1.165) is 25.3 Å². The molecule has 1 aromatic rings. The number of halogens is 4. The molecule has 10 heteroatoms. The van der Waals surface area contributed by atoms with Crippen LogP contribution in [-0.4, -0.2) is 65.2 Å². The predicted molar refractivity (Wildman–Crippen MR) is 122 cm³/mol. The van der Waals surface area contributed by atoms with E-state index >= 15 is 0 Å². The fourth-order valence-corrected chi connectivity index (χ4v) is 5.26. The Morgan fingerprint density at radius 2 is 2.03 bits per heavy atom. The van der Waals surface area contributed by atoms with Crippen molar-refractivity contribution in [2.24, 2.45) is 10.4 Å². The highest BCUT2D eigenvalue weighted by atomic mass is 35.5. The molecule has 1 aliphatic carbocycles. The monoisotopic (exact) mass is 499 g/mol. The van der Waals surface area contributed by atoms with Gasteiger partial charge in [0.2, 0.25) is 11.8 Å². The van der Waals surface area contributed by atoms with Gasteiger partial charge in [-0.25, -0.2) is 0 Å². The minimum Gasteiger partial charge on any atom is -0.391 e. The van der Waals surface area contributed by atoms with Crippen LogP contribution in [0, 0.1) is 5.41 Å². The Bertz CT molecular complexity index is 995. The van der Waals surface area contributed by atoms with Crippen LogP contribution in [0.15, 0.2) is 23.2 Å². The summed E-state index contributed by atoms with van der Waals surface area (Å²) in [5.41, 5.74) is -1.37. The molecule has 1 saturated carbocycles. The number of benzene rings is 1. The van der Waals surface area contributed by atoms with Gasteiger partial charge in [0.25, 0.3) is 0 Å². The van der Waals surface area contributed by atoms with Crippen LogP contribution < -0.4 is 0 Å². The zero-order valence-electron chi connectivity index (χ0n) is 19.1. The minimum absolute atomic E-state index is 0.0287. The number of hydrogen-bond donors (Lipinski definition) is 1. The van der Waals surface area contributed by atoms with Crippen molar-refractivity contribution in [2.45, 2.75) is 63.3 Å². The fraction of sp³-hybridized carbons (Fsp3) is 0.625. The summed E-state index contributed by atoms with van der Waals surface area (Å²) in [6.45, 7) is 3.27. The van der Waals surface area contributed by atoms with Gasteiger partial charge in [0.1, 0.15) is 0 Å². The summed E-state index contributed by atoms with van der Waals surface area (Å²) in [7, 11) is 0. The number of hydrogen-bond acceptors (Lipinski definition) is 4. The van der Waals surface area contributed by atoms with Crippen LogP contribution in [0.25, 0.3) is 0 Å². The van der Waals surface area contributed by atoms with Gasteiger partial charge in [-0.15, -0.1) is 0 Å². The van der Waals surface area contributed by atoms with E-state index in [1.807, 2.05) is 0 Å². The number of aliphatic hydroxyl groups excluding tert-OH is 1. The van der Waals surface area contributed by atoms with Crippen LogP contribution in [0.2, 0.25) is 5.02 Å². The highest BCUT2D eigenvalue weighted by Crippen LogP contribution is 2.53. The number of piperidine rings is 1. The van der Waals surface area contributed by atoms with E-state index in [1.165, 1.54) is 18.3 Å². The zero-order valence-corrected chi connectivity index (χ0v) is 19.8. The van der Waals surface area contributed by atoms with E-state index in [1.54, 1.807) is 16.7 Å². The molecular weight excluding hydrogens is 471 g/mol. The molecule has 1 aromatic carbocycles. The first-order valence-corrected chi connectivity index (χ1v) is 12.0. The van der Waals surface area contributed by atoms with E-state index in [4.69, 9.17) is 11.6 Å². The molecule has 0 radical (unpaired) electrons. The summed E-state index contributed by atoms with van der Waals surface area (Å²) < 4.78 is 39.3. The van der Waals surface area contributed by atoms with E-state index < -0.39 is 28.4 Å². The average molecular weight is 500 g/mol. The van der Waals surface area contributed by atoms with Crippen molar-refractivity contribution in [3.05, 3.63) is 34.3 Å². The molecule has 1 spiro atoms. The number of rotatable bonds is 5. The number of carbonyl (C=O) groups excluding carboxylic acids is 2. The molecule has 2 atom stereocenters. The quantitative estimate of drug-likeness (QED) is 0.664. The number of amides is 2. The Hall–Kier alpha value is -2.13. The van der Waals surface area contributed by atoms with Crippen LogP contribution in [0.5, 0.6) is 0 Å². The first-order valence-electron chi connectivity index (χ1n) is 11.6. The number of likely N-dealkylation sites (tertiary alicyclic amines) is 1. The number of β-amino-alcohol motifs (C(OH)–C–C–N with tert-alkyl or cyclic N) is 1. The average Bonchev–Trinajstić information content (AvgIpc) is 3.55. The number of nitrogens with zero attached hydrogens (tertiary/aromatic N) is 3. The largest absolute Gasteiger partial charge is 0.417 e. The van der Waals surface area contributed by atoms with Crippen molar-refractivity contribution < 1.29 is 27.9 Å². The minimum atomic E-state index is -4.55. The normalized spacial score (nSPS) is 26.6. The molecule has 2 aliphatic heterocycles. The lowest BCUT2D eigenvalue weighted by Crippen LogP contribution is -2.47. The van der Waals surface area contributed by atoms with Gasteiger partial charge in [-0.05, 0) is 55.7 Å². The van der Waals surface area contributed by atoms with Gasteiger partial charge in [-0.3, -0.25) is 14.6 Å². The molecule has 2 fully saturated rings. The molecule has 2 heterocycles. The number of alkyl halides is 3. The van der Waals surface area contributed by atoms with E-state index in [0.29, 0.717) is 31.6 Å². The molecular formula is C24H29ClF3N3O3. The number of aliphatic imine (C=N–C) groups is 1. The Morgan fingerprint density at radius 1 is 1.29 bits per heavy atom. The third-order valence-corrected chi connectivity index (χ3v) is 7.75. The Morgan fingerprint density at radius 3 is 2.65 bits per heavy atom. The Kier molecular flexibility index (Phi) is 6.72. The Labute approximate surface area is 201 Å². The molecule has 3 aliphatic rings. The SMILES string of the molecule is CC1(c2ccc(C(F)(F)F)c(Cl)c2)CN(CCCC(=O)N2CCC3(CC3)C(O)C2)C(=O)CC=N1. The molecule has 4 rings (SSSR count). The maximum absolute atomic E-state index is 13.1. The van der Waals surface area contributed by atoms with Gasteiger partial charge in [-0.1, -0.05) is 17.7 Å². The third kappa shape index (κ3) is 5.10. The molecule has 34 heavy (non-hydrogen) atoms. The zero-order chi connectivity index (χ0) is 24.7. The molecule has 186 valence electrons. The van der Waals surface area contributed by atoms with Crippen molar-refractivity contribution in [3.8, 4) is 0 Å². The van der Waals surface area contributed by atoms with Gasteiger partial charge in [0.15, 0.2) is 0 Å². The van der Waals surface area contributed by atoms with E-state index in [2.05, 4.69) is 4.99 Å². The lowest BCUT2D eigenvalue weighted by atomic mass is 9.90. The summed E-state index contributed by atoms with van der Waals surface area (Å²) in [6.07, 6.45) is 0.138. The van der Waals surface area contributed by atoms with Gasteiger partial charge >= 0.3 is 6.18 Å². The molecule has 2 amide bonds. The molecule has 1 saturated heterocycles. The van der Waals surface area contributed by atoms with Crippen molar-refractivity contribution in [1.82, 2.24) is 9.80 Å². The van der Waals surface area contributed by atoms with Crippen molar-refractivity contribution >= 4 is 29.6 Å². The summed E-state index contributed by atoms with van der Waals surface area (Å²) >= 11 is 5.91. The maximum Gasteiger partial charge on any atom is 0.417 e. The van der Waals surface area contributed by atoms with Crippen LogP contribution in [0.4, 0.5) is 13.2 Å². The van der Waals surface area contributed by atoms with E-state index in [-0.39, 0.29) is 36.6 Å². The highest BCUT2D eigenvalue weighted by Gasteiger charge is 2.51.